The van der Waals surface area contributed by atoms with Gasteiger partial charge in [-0.1, -0.05) is 18.6 Å². The molecule has 0 spiro atoms. The van der Waals surface area contributed by atoms with Crippen molar-refractivity contribution in [3.8, 4) is 0 Å². The second-order valence-electron chi connectivity index (χ2n) is 6.27. The highest BCUT2D eigenvalue weighted by Gasteiger charge is 2.16. The van der Waals surface area contributed by atoms with E-state index in [9.17, 15) is 9.18 Å². The summed E-state index contributed by atoms with van der Waals surface area (Å²) < 4.78 is 13.0. The molecule has 1 aromatic carbocycles. The van der Waals surface area contributed by atoms with Crippen LogP contribution in [0.1, 0.15) is 44.6 Å². The summed E-state index contributed by atoms with van der Waals surface area (Å²) in [5.41, 5.74) is 0.694. The van der Waals surface area contributed by atoms with Crippen LogP contribution in [0, 0.1) is 5.82 Å². The molecular weight excluding hydrogens is 291 g/mol. The van der Waals surface area contributed by atoms with Crippen molar-refractivity contribution >= 4 is 12.0 Å². The third-order valence-corrected chi connectivity index (χ3v) is 4.39. The summed E-state index contributed by atoms with van der Waals surface area (Å²) in [6.45, 7) is 5.33. The number of likely N-dealkylation sites (tertiary alicyclic amines) is 1. The van der Waals surface area contributed by atoms with E-state index in [0.717, 1.165) is 19.4 Å². The maximum absolute atomic E-state index is 13.0. The summed E-state index contributed by atoms with van der Waals surface area (Å²) in [5, 5.41) is 2.88. The predicted molar refractivity (Wildman–Crippen MR) is 92.6 cm³/mol. The second kappa shape index (κ2) is 9.46. The van der Waals surface area contributed by atoms with Gasteiger partial charge in [0.05, 0.1) is 0 Å². The molecule has 1 amide bonds. The van der Waals surface area contributed by atoms with Gasteiger partial charge in [0.25, 0.3) is 0 Å². The number of piperidine rings is 1. The average Bonchev–Trinajstić information content (AvgIpc) is 2.54. The minimum atomic E-state index is -0.292. The first-order valence-corrected chi connectivity index (χ1v) is 8.60. The van der Waals surface area contributed by atoms with E-state index in [1.807, 2.05) is 0 Å². The van der Waals surface area contributed by atoms with Gasteiger partial charge in [-0.15, -0.1) is 0 Å². The summed E-state index contributed by atoms with van der Waals surface area (Å²) in [6.07, 6.45) is 9.16. The molecule has 4 heteroatoms. The van der Waals surface area contributed by atoms with Crippen LogP contribution in [0.3, 0.4) is 0 Å². The number of amides is 1. The van der Waals surface area contributed by atoms with Gasteiger partial charge in [0.1, 0.15) is 5.82 Å². The maximum Gasteiger partial charge on any atom is 0.243 e. The molecule has 0 bridgehead atoms. The Hall–Kier alpha value is -1.68. The number of nitrogens with one attached hydrogen (secondary N) is 1. The Labute approximate surface area is 138 Å². The topological polar surface area (TPSA) is 32.3 Å². The van der Waals surface area contributed by atoms with Crippen molar-refractivity contribution < 1.29 is 9.18 Å². The van der Waals surface area contributed by atoms with Crippen LogP contribution in [0.15, 0.2) is 30.3 Å². The third-order valence-electron chi connectivity index (χ3n) is 4.39. The summed E-state index contributed by atoms with van der Waals surface area (Å²) in [4.78, 5) is 14.3. The van der Waals surface area contributed by atoms with E-state index in [4.69, 9.17) is 0 Å². The fourth-order valence-corrected chi connectivity index (χ4v) is 2.98. The molecule has 2 rings (SSSR count). The molecule has 1 fully saturated rings. The molecule has 1 N–H and O–H groups in total. The number of carbonyl (C=O) groups is 1. The van der Waals surface area contributed by atoms with E-state index < -0.39 is 0 Å². The van der Waals surface area contributed by atoms with E-state index in [1.54, 1.807) is 18.2 Å². The molecule has 0 aliphatic carbocycles. The van der Waals surface area contributed by atoms with Crippen molar-refractivity contribution in [2.75, 3.05) is 19.6 Å². The first kappa shape index (κ1) is 17.7. The molecule has 1 aliphatic rings. The van der Waals surface area contributed by atoms with Gasteiger partial charge in [0, 0.05) is 18.7 Å². The smallest absolute Gasteiger partial charge is 0.243 e. The summed E-state index contributed by atoms with van der Waals surface area (Å²) in [7, 11) is 0. The van der Waals surface area contributed by atoms with Crippen molar-refractivity contribution in [1.82, 2.24) is 10.2 Å². The van der Waals surface area contributed by atoms with Crippen molar-refractivity contribution in [2.45, 2.75) is 45.1 Å². The zero-order valence-corrected chi connectivity index (χ0v) is 13.9. The highest BCUT2D eigenvalue weighted by atomic mass is 19.1. The van der Waals surface area contributed by atoms with Gasteiger partial charge in [-0.2, -0.15) is 0 Å². The molecule has 3 nitrogen and oxygen atoms in total. The lowest BCUT2D eigenvalue weighted by molar-refractivity contribution is -0.116. The van der Waals surface area contributed by atoms with E-state index in [2.05, 4.69) is 17.1 Å². The van der Waals surface area contributed by atoms with Crippen LogP contribution in [0.25, 0.3) is 6.08 Å². The molecule has 1 aromatic rings. The highest BCUT2D eigenvalue weighted by Crippen LogP contribution is 2.16. The van der Waals surface area contributed by atoms with Gasteiger partial charge in [0.2, 0.25) is 5.91 Å². The highest BCUT2D eigenvalue weighted by molar-refractivity contribution is 5.91. The van der Waals surface area contributed by atoms with Crippen LogP contribution in [0.4, 0.5) is 4.39 Å². The van der Waals surface area contributed by atoms with Crippen molar-refractivity contribution in [3.05, 3.63) is 41.7 Å². The molecule has 1 heterocycles. The first-order valence-electron chi connectivity index (χ1n) is 8.60. The lowest BCUT2D eigenvalue weighted by Gasteiger charge is -2.33. The SMILES string of the molecule is C[C@@H]1CCCCN1CCCCNC(=O)/C=C/c1cccc(F)c1. The fourth-order valence-electron chi connectivity index (χ4n) is 2.98. The van der Waals surface area contributed by atoms with Crippen LogP contribution >= 0.6 is 0 Å². The average molecular weight is 318 g/mol. The standard InChI is InChI=1S/C19H27FN2O/c1-16-7-2-4-13-22(16)14-5-3-12-21-19(23)11-10-17-8-6-9-18(20)15-17/h6,8-11,15-16H,2-5,7,12-14H2,1H3,(H,21,23)/b11-10+/t16-/m1/s1. The summed E-state index contributed by atoms with van der Waals surface area (Å²) in [5.74, 6) is -0.417. The molecule has 1 atom stereocenters. The third kappa shape index (κ3) is 6.53. The Balaban J connectivity index is 1.59. The molecule has 0 saturated carbocycles. The van der Waals surface area contributed by atoms with Crippen LogP contribution in [0.2, 0.25) is 0 Å². The second-order valence-corrected chi connectivity index (χ2v) is 6.27. The number of carbonyl (C=O) groups excluding carboxylic acids is 1. The van der Waals surface area contributed by atoms with Crippen LogP contribution in [0.5, 0.6) is 0 Å². The molecule has 126 valence electrons. The molecule has 23 heavy (non-hydrogen) atoms. The summed E-state index contributed by atoms with van der Waals surface area (Å²) in [6, 6.07) is 6.90. The number of hydrogen-bond acceptors (Lipinski definition) is 2. The van der Waals surface area contributed by atoms with Crippen LogP contribution in [-0.2, 0) is 4.79 Å². The summed E-state index contributed by atoms with van der Waals surface area (Å²) >= 11 is 0. The minimum Gasteiger partial charge on any atom is -0.353 e. The largest absolute Gasteiger partial charge is 0.353 e. The zero-order valence-electron chi connectivity index (χ0n) is 13.9. The van der Waals surface area contributed by atoms with Crippen molar-refractivity contribution in [3.63, 3.8) is 0 Å². The maximum atomic E-state index is 13.0. The van der Waals surface area contributed by atoms with Gasteiger partial charge in [0.15, 0.2) is 0 Å². The normalized spacial score (nSPS) is 19.1. The lowest BCUT2D eigenvalue weighted by atomic mass is 10.0. The fraction of sp³-hybridized carbons (Fsp3) is 0.526. The molecule has 0 unspecified atom stereocenters. The van der Waals surface area contributed by atoms with Gasteiger partial charge in [-0.3, -0.25) is 4.79 Å². The van der Waals surface area contributed by atoms with E-state index >= 15 is 0 Å². The van der Waals surface area contributed by atoms with Crippen LogP contribution < -0.4 is 5.32 Å². The van der Waals surface area contributed by atoms with Gasteiger partial charge >= 0.3 is 0 Å². The Kier molecular flexibility index (Phi) is 7.27. The Bertz CT molecular complexity index is 530. The molecule has 0 aromatic heterocycles. The van der Waals surface area contributed by atoms with Gasteiger partial charge in [-0.25, -0.2) is 4.39 Å². The monoisotopic (exact) mass is 318 g/mol. The van der Waals surface area contributed by atoms with Gasteiger partial charge < -0.3 is 10.2 Å². The number of benzene rings is 1. The Morgan fingerprint density at radius 2 is 2.26 bits per heavy atom. The minimum absolute atomic E-state index is 0.124. The quantitative estimate of drug-likeness (QED) is 0.615. The molecule has 0 radical (unpaired) electrons. The van der Waals surface area contributed by atoms with Crippen molar-refractivity contribution in [1.29, 1.82) is 0 Å². The molecule has 1 saturated heterocycles. The molecular formula is C19H27FN2O. The van der Waals surface area contributed by atoms with E-state index in [1.165, 1.54) is 44.0 Å². The van der Waals surface area contributed by atoms with Gasteiger partial charge in [-0.05, 0) is 69.5 Å². The van der Waals surface area contributed by atoms with E-state index in [-0.39, 0.29) is 11.7 Å². The number of unbranched alkanes of at least 4 members (excludes halogenated alkanes) is 1. The predicted octanol–water partition coefficient (Wildman–Crippen LogP) is 3.61. The zero-order chi connectivity index (χ0) is 16.5. The Morgan fingerprint density at radius 1 is 1.39 bits per heavy atom. The Morgan fingerprint density at radius 3 is 3.04 bits per heavy atom. The number of hydrogen-bond donors (Lipinski definition) is 1. The first-order chi connectivity index (χ1) is 11.1. The van der Waals surface area contributed by atoms with Crippen molar-refractivity contribution in [2.24, 2.45) is 0 Å². The molecule has 1 aliphatic heterocycles. The lowest BCUT2D eigenvalue weighted by Crippen LogP contribution is -2.38. The number of halogens is 1. The number of rotatable bonds is 7. The van der Waals surface area contributed by atoms with Crippen LogP contribution in [-0.4, -0.2) is 36.5 Å². The number of nitrogens with zero attached hydrogens (tertiary/aromatic N) is 1. The van der Waals surface area contributed by atoms with E-state index in [0.29, 0.717) is 18.2 Å².